The van der Waals surface area contributed by atoms with E-state index in [4.69, 9.17) is 32.9 Å². The van der Waals surface area contributed by atoms with Crippen molar-refractivity contribution in [2.45, 2.75) is 45.4 Å². The van der Waals surface area contributed by atoms with Crippen LogP contribution in [-0.2, 0) is 24.3 Å². The molecule has 4 aromatic rings. The second kappa shape index (κ2) is 7.31. The molecule has 0 fully saturated rings. The van der Waals surface area contributed by atoms with Crippen molar-refractivity contribution >= 4 is 55.0 Å². The summed E-state index contributed by atoms with van der Waals surface area (Å²) >= 11 is 13.7. The summed E-state index contributed by atoms with van der Waals surface area (Å²) in [4.78, 5) is 23.5. The van der Waals surface area contributed by atoms with Gasteiger partial charge in [-0.05, 0) is 37.1 Å². The standard InChI is InChI=1S/C22H19Cl2N3O2S/c1-3-22(2)8-17-13(10-29-22)6-15-18-19(30-20(15)26-17)21(28)27(11-25-18)9-12-4-5-14(23)7-16(12)24/h4-7,11H,3,8-10H2,1-2H3. The third kappa shape index (κ3) is 3.32. The second-order valence-corrected chi connectivity index (χ2v) is 9.75. The fourth-order valence-corrected chi connectivity index (χ4v) is 5.33. The van der Waals surface area contributed by atoms with E-state index in [1.165, 1.54) is 11.3 Å². The lowest BCUT2D eigenvalue weighted by atomic mass is 9.91. The van der Waals surface area contributed by atoms with Gasteiger partial charge >= 0.3 is 0 Å². The number of rotatable bonds is 3. The summed E-state index contributed by atoms with van der Waals surface area (Å²) in [5.41, 5.74) is 3.35. The van der Waals surface area contributed by atoms with E-state index in [1.54, 1.807) is 23.0 Å². The molecule has 0 spiro atoms. The van der Waals surface area contributed by atoms with Gasteiger partial charge in [-0.25, -0.2) is 9.97 Å². The Labute approximate surface area is 187 Å². The summed E-state index contributed by atoms with van der Waals surface area (Å²) < 4.78 is 8.24. The Hall–Kier alpha value is -1.99. The van der Waals surface area contributed by atoms with Crippen LogP contribution in [0, 0.1) is 0 Å². The molecule has 1 aliphatic heterocycles. The van der Waals surface area contributed by atoms with Gasteiger partial charge in [0.2, 0.25) is 0 Å². The van der Waals surface area contributed by atoms with Crippen LogP contribution >= 0.6 is 34.5 Å². The van der Waals surface area contributed by atoms with E-state index >= 15 is 0 Å². The summed E-state index contributed by atoms with van der Waals surface area (Å²) in [6, 6.07) is 7.35. The predicted molar refractivity (Wildman–Crippen MR) is 122 cm³/mol. The Morgan fingerprint density at radius 2 is 2.13 bits per heavy atom. The Morgan fingerprint density at radius 1 is 1.30 bits per heavy atom. The van der Waals surface area contributed by atoms with Gasteiger partial charge in [0, 0.05) is 27.4 Å². The first-order chi connectivity index (χ1) is 14.4. The number of hydrogen-bond donors (Lipinski definition) is 0. The van der Waals surface area contributed by atoms with Crippen LogP contribution in [0.5, 0.6) is 0 Å². The number of pyridine rings is 1. The Kier molecular flexibility index (Phi) is 4.86. The number of nitrogens with zero attached hydrogens (tertiary/aromatic N) is 3. The largest absolute Gasteiger partial charge is 0.370 e. The summed E-state index contributed by atoms with van der Waals surface area (Å²) in [6.07, 6.45) is 3.28. The molecule has 0 aliphatic carbocycles. The van der Waals surface area contributed by atoms with Crippen LogP contribution in [0.4, 0.5) is 0 Å². The summed E-state index contributed by atoms with van der Waals surface area (Å²) in [5, 5.41) is 2.00. The lowest BCUT2D eigenvalue weighted by Gasteiger charge is -2.33. The minimum absolute atomic E-state index is 0.0957. The Morgan fingerprint density at radius 3 is 2.90 bits per heavy atom. The molecular formula is C22H19Cl2N3O2S. The minimum atomic E-state index is -0.187. The molecule has 1 aliphatic rings. The molecule has 1 unspecified atom stereocenters. The third-order valence-corrected chi connectivity index (χ3v) is 7.49. The van der Waals surface area contributed by atoms with Crippen LogP contribution in [-0.4, -0.2) is 20.1 Å². The molecule has 0 N–H and O–H groups in total. The lowest BCUT2D eigenvalue weighted by molar-refractivity contribution is -0.0573. The second-order valence-electron chi connectivity index (χ2n) is 7.91. The topological polar surface area (TPSA) is 57.0 Å². The minimum Gasteiger partial charge on any atom is -0.370 e. The number of fused-ring (bicyclic) bond motifs is 4. The van der Waals surface area contributed by atoms with E-state index in [0.29, 0.717) is 33.4 Å². The molecule has 30 heavy (non-hydrogen) atoms. The van der Waals surface area contributed by atoms with Gasteiger partial charge < -0.3 is 4.74 Å². The maximum absolute atomic E-state index is 13.2. The van der Waals surface area contributed by atoms with Crippen molar-refractivity contribution in [1.82, 2.24) is 14.5 Å². The number of benzene rings is 1. The van der Waals surface area contributed by atoms with Crippen LogP contribution in [0.3, 0.4) is 0 Å². The molecule has 0 amide bonds. The Bertz CT molecular complexity index is 1360. The van der Waals surface area contributed by atoms with Crippen molar-refractivity contribution in [1.29, 1.82) is 0 Å². The average Bonchev–Trinajstić information content (AvgIpc) is 3.08. The fraction of sp³-hybridized carbons (Fsp3) is 0.318. The van der Waals surface area contributed by atoms with Crippen molar-refractivity contribution in [3.05, 3.63) is 67.8 Å². The van der Waals surface area contributed by atoms with Gasteiger partial charge in [-0.15, -0.1) is 11.3 Å². The Balaban J connectivity index is 1.60. The lowest BCUT2D eigenvalue weighted by Crippen LogP contribution is -2.35. The van der Waals surface area contributed by atoms with Gasteiger partial charge in [-0.2, -0.15) is 0 Å². The molecular weight excluding hydrogens is 441 g/mol. The van der Waals surface area contributed by atoms with Crippen LogP contribution in [0.25, 0.3) is 20.4 Å². The first-order valence-electron chi connectivity index (χ1n) is 9.75. The number of thiophene rings is 1. The molecule has 0 bridgehead atoms. The van der Waals surface area contributed by atoms with E-state index < -0.39 is 0 Å². The van der Waals surface area contributed by atoms with E-state index in [9.17, 15) is 4.79 Å². The molecule has 0 radical (unpaired) electrons. The quantitative estimate of drug-likeness (QED) is 0.399. The summed E-state index contributed by atoms with van der Waals surface area (Å²) in [6.45, 7) is 5.11. The van der Waals surface area contributed by atoms with Crippen molar-refractivity contribution in [3.8, 4) is 0 Å². The molecule has 1 atom stereocenters. The summed E-state index contributed by atoms with van der Waals surface area (Å²) in [7, 11) is 0. The molecule has 3 aromatic heterocycles. The van der Waals surface area contributed by atoms with Gasteiger partial charge in [0.1, 0.15) is 9.53 Å². The maximum atomic E-state index is 13.2. The van der Waals surface area contributed by atoms with E-state index in [0.717, 1.165) is 39.9 Å². The third-order valence-electron chi connectivity index (χ3n) is 5.83. The number of aromatic nitrogens is 3. The zero-order valence-electron chi connectivity index (χ0n) is 16.5. The van der Waals surface area contributed by atoms with Crippen LogP contribution in [0.1, 0.15) is 37.1 Å². The molecule has 4 heterocycles. The maximum Gasteiger partial charge on any atom is 0.271 e. The highest BCUT2D eigenvalue weighted by atomic mass is 35.5. The first kappa shape index (κ1) is 19.9. The fourth-order valence-electron chi connectivity index (χ4n) is 3.78. The van der Waals surface area contributed by atoms with Crippen LogP contribution < -0.4 is 5.56 Å². The molecule has 5 nitrogen and oxygen atoms in total. The highest BCUT2D eigenvalue weighted by Crippen LogP contribution is 2.35. The van der Waals surface area contributed by atoms with Gasteiger partial charge in [0.05, 0.1) is 36.3 Å². The number of ether oxygens (including phenoxy) is 1. The van der Waals surface area contributed by atoms with Gasteiger partial charge in [-0.3, -0.25) is 9.36 Å². The normalized spacial score (nSPS) is 18.8. The SMILES string of the molecule is CCC1(C)Cc2nc3sc4c(=O)n(Cc5ccc(Cl)cc5Cl)cnc4c3cc2CO1. The molecule has 5 rings (SSSR count). The van der Waals surface area contributed by atoms with Gasteiger partial charge in [0.15, 0.2) is 0 Å². The zero-order valence-corrected chi connectivity index (χ0v) is 18.9. The van der Waals surface area contributed by atoms with Gasteiger partial charge in [0.25, 0.3) is 5.56 Å². The van der Waals surface area contributed by atoms with Crippen LogP contribution in [0.15, 0.2) is 35.4 Å². The van der Waals surface area contributed by atoms with Crippen molar-refractivity contribution < 1.29 is 4.74 Å². The van der Waals surface area contributed by atoms with E-state index in [-0.39, 0.29) is 11.2 Å². The van der Waals surface area contributed by atoms with Crippen molar-refractivity contribution in [2.75, 3.05) is 0 Å². The molecule has 154 valence electrons. The highest BCUT2D eigenvalue weighted by molar-refractivity contribution is 7.25. The molecule has 1 aromatic carbocycles. The first-order valence-corrected chi connectivity index (χ1v) is 11.3. The zero-order chi connectivity index (χ0) is 21.0. The van der Waals surface area contributed by atoms with E-state index in [2.05, 4.69) is 24.9 Å². The smallest absolute Gasteiger partial charge is 0.271 e. The average molecular weight is 460 g/mol. The number of hydrogen-bond acceptors (Lipinski definition) is 5. The van der Waals surface area contributed by atoms with Crippen molar-refractivity contribution in [3.63, 3.8) is 0 Å². The van der Waals surface area contributed by atoms with Crippen molar-refractivity contribution in [2.24, 2.45) is 0 Å². The number of halogens is 2. The van der Waals surface area contributed by atoms with Crippen LogP contribution in [0.2, 0.25) is 10.0 Å². The van der Waals surface area contributed by atoms with Gasteiger partial charge in [-0.1, -0.05) is 36.2 Å². The monoisotopic (exact) mass is 459 g/mol. The molecule has 0 saturated carbocycles. The molecule has 0 saturated heterocycles. The van der Waals surface area contributed by atoms with E-state index in [1.807, 2.05) is 6.07 Å². The molecule has 8 heteroatoms. The highest BCUT2D eigenvalue weighted by Gasteiger charge is 2.31. The summed E-state index contributed by atoms with van der Waals surface area (Å²) in [5.74, 6) is 0. The predicted octanol–water partition coefficient (Wildman–Crippen LogP) is 5.60.